The number of anilines is 2. The molecule has 0 unspecified atom stereocenters. The maximum absolute atomic E-state index is 12.4. The maximum Gasteiger partial charge on any atom is 0.241 e. The number of rotatable bonds is 7. The van der Waals surface area contributed by atoms with Crippen molar-refractivity contribution in [2.75, 3.05) is 28.5 Å². The standard InChI is InChI=1S/C22H27N5O3S/c1-26-20-8-4-3-7-19(20)24-21(26)15-23-22(28)16-31(29,30)25-17-9-11-18(12-10-17)27-13-5-2-6-14-27/h3-4,7-12,25H,2,5-6,13-16H2,1H3,(H,23,28). The van der Waals surface area contributed by atoms with Crippen LogP contribution in [0.15, 0.2) is 48.5 Å². The van der Waals surface area contributed by atoms with Crippen molar-refractivity contribution in [1.82, 2.24) is 14.9 Å². The predicted molar refractivity (Wildman–Crippen MR) is 122 cm³/mol. The third-order valence-corrected chi connectivity index (χ3v) is 6.70. The minimum absolute atomic E-state index is 0.157. The first kappa shape index (κ1) is 21.2. The molecule has 1 aliphatic rings. The van der Waals surface area contributed by atoms with Crippen LogP contribution < -0.4 is 14.9 Å². The molecule has 0 bridgehead atoms. The Labute approximate surface area is 182 Å². The molecule has 0 atom stereocenters. The second-order valence-corrected chi connectivity index (χ2v) is 9.53. The normalized spacial score (nSPS) is 14.5. The summed E-state index contributed by atoms with van der Waals surface area (Å²) in [6.45, 7) is 2.21. The van der Waals surface area contributed by atoms with Crippen molar-refractivity contribution in [3.63, 3.8) is 0 Å². The Balaban J connectivity index is 1.32. The van der Waals surface area contributed by atoms with E-state index in [0.29, 0.717) is 11.5 Å². The summed E-state index contributed by atoms with van der Waals surface area (Å²) in [5.41, 5.74) is 3.32. The molecule has 0 aliphatic carbocycles. The van der Waals surface area contributed by atoms with E-state index in [0.717, 1.165) is 29.8 Å². The van der Waals surface area contributed by atoms with Crippen molar-refractivity contribution in [2.45, 2.75) is 25.8 Å². The van der Waals surface area contributed by atoms with Crippen LogP contribution in [-0.2, 0) is 28.4 Å². The zero-order valence-corrected chi connectivity index (χ0v) is 18.4. The summed E-state index contributed by atoms with van der Waals surface area (Å²) in [5.74, 6) is -0.567. The Hall–Kier alpha value is -3.07. The zero-order chi connectivity index (χ0) is 21.8. The van der Waals surface area contributed by atoms with Gasteiger partial charge in [0.15, 0.2) is 0 Å². The summed E-state index contributed by atoms with van der Waals surface area (Å²) >= 11 is 0. The number of amides is 1. The molecule has 8 nitrogen and oxygen atoms in total. The second kappa shape index (κ2) is 8.97. The van der Waals surface area contributed by atoms with Crippen LogP contribution in [0.25, 0.3) is 11.0 Å². The molecule has 2 aromatic carbocycles. The van der Waals surface area contributed by atoms with E-state index in [1.165, 1.54) is 19.3 Å². The number of carbonyl (C=O) groups excluding carboxylic acids is 1. The SMILES string of the molecule is Cn1c(CNC(=O)CS(=O)(=O)Nc2ccc(N3CCCCC3)cc2)nc2ccccc21. The first-order chi connectivity index (χ1) is 14.9. The molecule has 2 N–H and O–H groups in total. The summed E-state index contributed by atoms with van der Waals surface area (Å²) in [6, 6.07) is 14.9. The lowest BCUT2D eigenvalue weighted by Crippen LogP contribution is -2.33. The third kappa shape index (κ3) is 5.16. The van der Waals surface area contributed by atoms with Gasteiger partial charge in [0.25, 0.3) is 0 Å². The molecule has 1 aliphatic heterocycles. The molecular weight excluding hydrogens is 414 g/mol. The van der Waals surface area contributed by atoms with Crippen molar-refractivity contribution in [2.24, 2.45) is 7.05 Å². The molecule has 4 rings (SSSR count). The number of imidazole rings is 1. The summed E-state index contributed by atoms with van der Waals surface area (Å²) in [4.78, 5) is 19.0. The Bertz CT molecular complexity index is 1170. The maximum atomic E-state index is 12.4. The van der Waals surface area contributed by atoms with Gasteiger partial charge in [-0.3, -0.25) is 9.52 Å². The van der Waals surface area contributed by atoms with Gasteiger partial charge in [-0.25, -0.2) is 13.4 Å². The number of aryl methyl sites for hydroxylation is 1. The Kier molecular flexibility index (Phi) is 6.13. The van der Waals surface area contributed by atoms with Gasteiger partial charge in [0, 0.05) is 31.5 Å². The van der Waals surface area contributed by atoms with Crippen LogP contribution in [0.4, 0.5) is 11.4 Å². The van der Waals surface area contributed by atoms with Gasteiger partial charge in [0.05, 0.1) is 17.6 Å². The number of para-hydroxylation sites is 2. The van der Waals surface area contributed by atoms with Gasteiger partial charge in [-0.2, -0.15) is 0 Å². The third-order valence-electron chi connectivity index (χ3n) is 5.51. The molecular formula is C22H27N5O3S. The van der Waals surface area contributed by atoms with Gasteiger partial charge in [0.1, 0.15) is 11.6 Å². The highest BCUT2D eigenvalue weighted by atomic mass is 32.2. The van der Waals surface area contributed by atoms with Gasteiger partial charge in [-0.15, -0.1) is 0 Å². The average molecular weight is 442 g/mol. The van der Waals surface area contributed by atoms with Crippen molar-refractivity contribution in [3.05, 3.63) is 54.4 Å². The molecule has 164 valence electrons. The van der Waals surface area contributed by atoms with E-state index in [9.17, 15) is 13.2 Å². The van der Waals surface area contributed by atoms with E-state index in [1.807, 2.05) is 48.0 Å². The lowest BCUT2D eigenvalue weighted by molar-refractivity contribution is -0.118. The van der Waals surface area contributed by atoms with Crippen molar-refractivity contribution in [1.29, 1.82) is 0 Å². The minimum Gasteiger partial charge on any atom is -0.372 e. The average Bonchev–Trinajstić information content (AvgIpc) is 3.09. The van der Waals surface area contributed by atoms with E-state index in [-0.39, 0.29) is 6.54 Å². The van der Waals surface area contributed by atoms with Gasteiger partial charge in [-0.1, -0.05) is 12.1 Å². The lowest BCUT2D eigenvalue weighted by Gasteiger charge is -2.28. The molecule has 9 heteroatoms. The number of piperidine rings is 1. The van der Waals surface area contributed by atoms with Gasteiger partial charge in [0.2, 0.25) is 15.9 Å². The molecule has 0 saturated carbocycles. The molecule has 3 aromatic rings. The monoisotopic (exact) mass is 441 g/mol. The van der Waals surface area contributed by atoms with Crippen LogP contribution in [0.3, 0.4) is 0 Å². The van der Waals surface area contributed by atoms with Crippen LogP contribution in [0, 0.1) is 0 Å². The van der Waals surface area contributed by atoms with Crippen LogP contribution in [0.2, 0.25) is 0 Å². The molecule has 2 heterocycles. The molecule has 1 amide bonds. The van der Waals surface area contributed by atoms with E-state index < -0.39 is 21.7 Å². The van der Waals surface area contributed by atoms with Gasteiger partial charge < -0.3 is 14.8 Å². The Morgan fingerprint density at radius 3 is 2.45 bits per heavy atom. The number of nitrogens with zero attached hydrogens (tertiary/aromatic N) is 3. The number of benzene rings is 2. The summed E-state index contributed by atoms with van der Waals surface area (Å²) < 4.78 is 29.2. The highest BCUT2D eigenvalue weighted by Gasteiger charge is 2.18. The largest absolute Gasteiger partial charge is 0.372 e. The number of carbonyl (C=O) groups is 1. The van der Waals surface area contributed by atoms with Crippen LogP contribution in [-0.4, -0.2) is 42.7 Å². The molecule has 1 fully saturated rings. The van der Waals surface area contributed by atoms with Crippen LogP contribution >= 0.6 is 0 Å². The van der Waals surface area contributed by atoms with E-state index in [1.54, 1.807) is 12.1 Å². The van der Waals surface area contributed by atoms with Crippen LogP contribution in [0.1, 0.15) is 25.1 Å². The Morgan fingerprint density at radius 1 is 1.03 bits per heavy atom. The molecule has 0 radical (unpaired) electrons. The predicted octanol–water partition coefficient (Wildman–Crippen LogP) is 2.62. The minimum atomic E-state index is -3.81. The number of hydrogen-bond donors (Lipinski definition) is 2. The summed E-state index contributed by atoms with van der Waals surface area (Å²) in [7, 11) is -1.95. The zero-order valence-electron chi connectivity index (χ0n) is 17.5. The van der Waals surface area contributed by atoms with Gasteiger partial charge >= 0.3 is 0 Å². The first-order valence-electron chi connectivity index (χ1n) is 10.4. The molecule has 31 heavy (non-hydrogen) atoms. The van der Waals surface area contributed by atoms with E-state index in [4.69, 9.17) is 0 Å². The van der Waals surface area contributed by atoms with Crippen molar-refractivity contribution in [3.8, 4) is 0 Å². The number of hydrogen-bond acceptors (Lipinski definition) is 5. The number of fused-ring (bicyclic) bond motifs is 1. The fraction of sp³-hybridized carbons (Fsp3) is 0.364. The van der Waals surface area contributed by atoms with Crippen LogP contribution in [0.5, 0.6) is 0 Å². The number of nitrogens with one attached hydrogen (secondary N) is 2. The van der Waals surface area contributed by atoms with Crippen molar-refractivity contribution >= 4 is 38.3 Å². The number of aromatic nitrogens is 2. The smallest absolute Gasteiger partial charge is 0.241 e. The molecule has 1 saturated heterocycles. The van der Waals surface area contributed by atoms with E-state index in [2.05, 4.69) is 19.9 Å². The fourth-order valence-electron chi connectivity index (χ4n) is 3.86. The topological polar surface area (TPSA) is 96.3 Å². The van der Waals surface area contributed by atoms with Gasteiger partial charge in [-0.05, 0) is 55.7 Å². The van der Waals surface area contributed by atoms with E-state index >= 15 is 0 Å². The Morgan fingerprint density at radius 2 is 1.74 bits per heavy atom. The van der Waals surface area contributed by atoms with Crippen molar-refractivity contribution < 1.29 is 13.2 Å². The second-order valence-electron chi connectivity index (χ2n) is 7.81. The highest BCUT2D eigenvalue weighted by molar-refractivity contribution is 7.93. The summed E-state index contributed by atoms with van der Waals surface area (Å²) in [5, 5.41) is 2.65. The first-order valence-corrected chi connectivity index (χ1v) is 12.1. The highest BCUT2D eigenvalue weighted by Crippen LogP contribution is 2.22. The summed E-state index contributed by atoms with van der Waals surface area (Å²) in [6.07, 6.45) is 3.61. The quantitative estimate of drug-likeness (QED) is 0.588. The molecule has 1 aromatic heterocycles. The number of sulfonamides is 1. The fourth-order valence-corrected chi connectivity index (χ4v) is 4.88. The molecule has 0 spiro atoms. The lowest BCUT2D eigenvalue weighted by atomic mass is 10.1.